The Hall–Kier alpha value is -3.85. The number of halogens is 1. The number of aryl methyl sites for hydroxylation is 1. The highest BCUT2D eigenvalue weighted by Gasteiger charge is 2.17. The van der Waals surface area contributed by atoms with Crippen LogP contribution >= 0.6 is 15.9 Å². The Morgan fingerprint density at radius 1 is 0.912 bits per heavy atom. The Balaban J connectivity index is 1.80. The molecule has 3 rings (SSSR count). The first-order valence-electron chi connectivity index (χ1n) is 10.1. The van der Waals surface area contributed by atoms with Crippen molar-refractivity contribution in [1.82, 2.24) is 5.43 Å². The van der Waals surface area contributed by atoms with E-state index in [2.05, 4.69) is 26.5 Å². The number of nitrogens with zero attached hydrogens (tertiary/aromatic N) is 1. The van der Waals surface area contributed by atoms with Gasteiger partial charge in [0.25, 0.3) is 5.91 Å². The summed E-state index contributed by atoms with van der Waals surface area (Å²) in [6, 6.07) is 15.3. The summed E-state index contributed by atoms with van der Waals surface area (Å²) in [5.74, 6) is 0.365. The van der Waals surface area contributed by atoms with E-state index in [1.807, 2.05) is 19.1 Å². The van der Waals surface area contributed by atoms with Crippen LogP contribution in [0.3, 0.4) is 0 Å². The number of esters is 1. The van der Waals surface area contributed by atoms with Gasteiger partial charge in [-0.3, -0.25) is 4.79 Å². The van der Waals surface area contributed by atoms with Crippen LogP contribution in [0, 0.1) is 6.92 Å². The van der Waals surface area contributed by atoms with Crippen LogP contribution in [0.2, 0.25) is 0 Å². The minimum Gasteiger partial charge on any atom is -0.493 e. The van der Waals surface area contributed by atoms with E-state index < -0.39 is 11.9 Å². The van der Waals surface area contributed by atoms with E-state index in [4.69, 9.17) is 18.9 Å². The SMILES string of the molecule is COc1cc(C(=O)N/N=C/c2cc(Br)ccc2OC(=O)c2ccccc2C)cc(OC)c1OC. The number of rotatable bonds is 8. The monoisotopic (exact) mass is 526 g/mol. The van der Waals surface area contributed by atoms with Crippen molar-refractivity contribution in [1.29, 1.82) is 0 Å². The number of hydrogen-bond donors (Lipinski definition) is 1. The quantitative estimate of drug-likeness (QED) is 0.196. The number of hydrogen-bond acceptors (Lipinski definition) is 7. The standard InChI is InChI=1S/C25H23BrN2O6/c1-15-7-5-6-8-19(15)25(30)34-20-10-9-18(26)11-17(20)14-27-28-24(29)16-12-21(31-2)23(33-4)22(13-16)32-3/h5-14H,1-4H3,(H,28,29)/b27-14+. The van der Waals surface area contributed by atoms with Gasteiger partial charge in [0.1, 0.15) is 5.75 Å². The fourth-order valence-corrected chi connectivity index (χ4v) is 3.49. The number of ether oxygens (including phenoxy) is 4. The lowest BCUT2D eigenvalue weighted by Gasteiger charge is -2.13. The number of hydrazone groups is 1. The van der Waals surface area contributed by atoms with Crippen molar-refractivity contribution in [2.75, 3.05) is 21.3 Å². The highest BCUT2D eigenvalue weighted by atomic mass is 79.9. The van der Waals surface area contributed by atoms with Crippen molar-refractivity contribution in [2.24, 2.45) is 5.10 Å². The van der Waals surface area contributed by atoms with Crippen LogP contribution in [0.25, 0.3) is 0 Å². The molecule has 0 unspecified atom stereocenters. The minimum atomic E-state index is -0.496. The highest BCUT2D eigenvalue weighted by molar-refractivity contribution is 9.10. The van der Waals surface area contributed by atoms with Crippen molar-refractivity contribution in [3.8, 4) is 23.0 Å². The Morgan fingerprint density at radius 3 is 2.21 bits per heavy atom. The van der Waals surface area contributed by atoms with Crippen LogP contribution in [0.4, 0.5) is 0 Å². The van der Waals surface area contributed by atoms with Gasteiger partial charge < -0.3 is 18.9 Å². The maximum absolute atomic E-state index is 12.7. The lowest BCUT2D eigenvalue weighted by atomic mass is 10.1. The number of benzene rings is 3. The molecule has 1 amide bonds. The predicted octanol–water partition coefficient (Wildman–Crippen LogP) is 4.77. The van der Waals surface area contributed by atoms with Gasteiger partial charge in [0.2, 0.25) is 5.75 Å². The molecule has 3 aromatic rings. The molecule has 0 aliphatic rings. The van der Waals surface area contributed by atoms with Gasteiger partial charge >= 0.3 is 5.97 Å². The maximum Gasteiger partial charge on any atom is 0.343 e. The van der Waals surface area contributed by atoms with Crippen LogP contribution in [-0.4, -0.2) is 39.4 Å². The molecule has 0 heterocycles. The summed E-state index contributed by atoms with van der Waals surface area (Å²) >= 11 is 3.39. The van der Waals surface area contributed by atoms with Gasteiger partial charge in [-0.1, -0.05) is 34.1 Å². The minimum absolute atomic E-state index is 0.257. The van der Waals surface area contributed by atoms with Gasteiger partial charge in [-0.25, -0.2) is 10.2 Å². The normalized spacial score (nSPS) is 10.6. The van der Waals surface area contributed by atoms with E-state index in [0.717, 1.165) is 10.0 Å². The molecule has 0 aliphatic heterocycles. The van der Waals surface area contributed by atoms with E-state index >= 15 is 0 Å². The third kappa shape index (κ3) is 5.74. The average Bonchev–Trinajstić information content (AvgIpc) is 2.84. The van der Waals surface area contributed by atoms with Crippen molar-refractivity contribution in [2.45, 2.75) is 6.92 Å². The van der Waals surface area contributed by atoms with Gasteiger partial charge in [-0.2, -0.15) is 5.10 Å². The largest absolute Gasteiger partial charge is 0.493 e. The Bertz CT molecular complexity index is 1220. The molecule has 0 aliphatic carbocycles. The average molecular weight is 527 g/mol. The van der Waals surface area contributed by atoms with Crippen LogP contribution < -0.4 is 24.4 Å². The van der Waals surface area contributed by atoms with E-state index in [1.165, 1.54) is 39.7 Å². The molecule has 0 bridgehead atoms. The van der Waals surface area contributed by atoms with Crippen molar-refractivity contribution in [3.05, 3.63) is 81.3 Å². The zero-order valence-electron chi connectivity index (χ0n) is 19.0. The highest BCUT2D eigenvalue weighted by Crippen LogP contribution is 2.38. The first kappa shape index (κ1) is 24.8. The van der Waals surface area contributed by atoms with Crippen LogP contribution in [0.1, 0.15) is 31.8 Å². The summed E-state index contributed by atoms with van der Waals surface area (Å²) in [5.41, 5.74) is 4.46. The van der Waals surface area contributed by atoms with Gasteiger partial charge in [0.05, 0.1) is 33.1 Å². The number of methoxy groups -OCH3 is 3. The lowest BCUT2D eigenvalue weighted by Crippen LogP contribution is -2.18. The van der Waals surface area contributed by atoms with E-state index in [-0.39, 0.29) is 5.56 Å². The van der Waals surface area contributed by atoms with E-state index in [9.17, 15) is 9.59 Å². The third-order valence-electron chi connectivity index (χ3n) is 4.84. The summed E-state index contributed by atoms with van der Waals surface area (Å²) in [4.78, 5) is 25.3. The smallest absolute Gasteiger partial charge is 0.343 e. The van der Waals surface area contributed by atoms with Gasteiger partial charge in [-0.05, 0) is 48.9 Å². The summed E-state index contributed by atoms with van der Waals surface area (Å²) in [6.45, 7) is 1.83. The molecule has 1 N–H and O–H groups in total. The molecule has 176 valence electrons. The molecule has 34 heavy (non-hydrogen) atoms. The Labute approximate surface area is 205 Å². The van der Waals surface area contributed by atoms with Crippen LogP contribution in [0.15, 0.2) is 64.2 Å². The Morgan fingerprint density at radius 2 is 1.59 bits per heavy atom. The molecular weight excluding hydrogens is 504 g/mol. The van der Waals surface area contributed by atoms with Gasteiger partial charge in [-0.15, -0.1) is 0 Å². The molecule has 0 saturated carbocycles. The number of carbonyl (C=O) groups is 2. The molecule has 0 fully saturated rings. The van der Waals surface area contributed by atoms with Gasteiger partial charge in [0.15, 0.2) is 11.5 Å². The second kappa shape index (κ2) is 11.3. The van der Waals surface area contributed by atoms with Crippen molar-refractivity contribution in [3.63, 3.8) is 0 Å². The fraction of sp³-hybridized carbons (Fsp3) is 0.160. The first-order valence-corrected chi connectivity index (χ1v) is 10.9. The molecule has 3 aromatic carbocycles. The Kier molecular flexibility index (Phi) is 8.26. The maximum atomic E-state index is 12.7. The molecule has 0 radical (unpaired) electrons. The molecule has 0 spiro atoms. The molecular formula is C25H23BrN2O6. The summed E-state index contributed by atoms with van der Waals surface area (Å²) < 4.78 is 22.2. The fourth-order valence-electron chi connectivity index (χ4n) is 3.11. The first-order chi connectivity index (χ1) is 16.4. The van der Waals surface area contributed by atoms with Crippen molar-refractivity contribution >= 4 is 34.0 Å². The molecule has 0 saturated heterocycles. The summed E-state index contributed by atoms with van der Waals surface area (Å²) in [6.07, 6.45) is 1.39. The zero-order valence-corrected chi connectivity index (χ0v) is 20.6. The summed E-state index contributed by atoms with van der Waals surface area (Å²) in [7, 11) is 4.40. The molecule has 0 aromatic heterocycles. The second-order valence-corrected chi connectivity index (χ2v) is 7.92. The van der Waals surface area contributed by atoms with Crippen LogP contribution in [-0.2, 0) is 0 Å². The predicted molar refractivity (Wildman–Crippen MR) is 131 cm³/mol. The lowest BCUT2D eigenvalue weighted by molar-refractivity contribution is 0.0733. The topological polar surface area (TPSA) is 95.5 Å². The second-order valence-electron chi connectivity index (χ2n) is 7.00. The van der Waals surface area contributed by atoms with Crippen molar-refractivity contribution < 1.29 is 28.5 Å². The zero-order chi connectivity index (χ0) is 24.7. The summed E-state index contributed by atoms with van der Waals surface area (Å²) in [5, 5.41) is 4.02. The number of nitrogens with one attached hydrogen (secondary N) is 1. The molecule has 8 nitrogen and oxygen atoms in total. The molecule has 0 atom stereocenters. The van der Waals surface area contributed by atoms with E-state index in [0.29, 0.717) is 34.1 Å². The molecule has 9 heteroatoms. The number of amides is 1. The van der Waals surface area contributed by atoms with Gasteiger partial charge in [0, 0.05) is 15.6 Å². The third-order valence-corrected chi connectivity index (χ3v) is 5.33. The van der Waals surface area contributed by atoms with Crippen LogP contribution in [0.5, 0.6) is 23.0 Å². The van der Waals surface area contributed by atoms with E-state index in [1.54, 1.807) is 30.3 Å². The number of carbonyl (C=O) groups excluding carboxylic acids is 2.